The third kappa shape index (κ3) is 5.05. The molecule has 1 fully saturated rings. The molecule has 0 aliphatic carbocycles. The fraction of sp³-hybridized carbons (Fsp3) is 0.364. The van der Waals surface area contributed by atoms with Gasteiger partial charge in [-0.3, -0.25) is 14.7 Å². The molecule has 1 aromatic carbocycles. The highest BCUT2D eigenvalue weighted by molar-refractivity contribution is 9.10. The fourth-order valence-electron chi connectivity index (χ4n) is 3.71. The van der Waals surface area contributed by atoms with Crippen LogP contribution in [0.15, 0.2) is 46.6 Å². The molecule has 1 amide bonds. The Labute approximate surface area is 169 Å². The molecule has 1 saturated heterocycles. The van der Waals surface area contributed by atoms with Crippen LogP contribution < -0.4 is 5.73 Å². The summed E-state index contributed by atoms with van der Waals surface area (Å²) >= 11 is 3.62. The molecule has 2 heterocycles. The van der Waals surface area contributed by atoms with E-state index >= 15 is 0 Å². The normalized spacial score (nSPS) is 16.5. The number of nitrogens with two attached hydrogens (primary N) is 1. The number of piperidine rings is 1. The predicted octanol–water partition coefficient (Wildman–Crippen LogP) is 4.53. The van der Waals surface area contributed by atoms with E-state index in [1.54, 1.807) is 0 Å². The van der Waals surface area contributed by atoms with Crippen LogP contribution in [-0.2, 0) is 0 Å². The standard InChI is InChI=1S/C22H26BrN3O/c1-15(13-20-16(2)25-10-7-21(20)23)14-26-11-8-18(9-12-26)17-3-5-19(6-4-17)22(24)27/h3-7,10,13,18H,8-9,11-12,14H2,1-2H3,(H2,24,27)/b15-13+. The van der Waals surface area contributed by atoms with Crippen molar-refractivity contribution >= 4 is 27.9 Å². The van der Waals surface area contributed by atoms with Crippen LogP contribution in [0.25, 0.3) is 6.08 Å². The molecule has 0 saturated carbocycles. The molecule has 0 atom stereocenters. The number of nitrogens with zero attached hydrogens (tertiary/aromatic N) is 2. The number of primary amides is 1. The van der Waals surface area contributed by atoms with E-state index in [1.165, 1.54) is 16.7 Å². The Hall–Kier alpha value is -1.98. The molecule has 0 spiro atoms. The Kier molecular flexibility index (Phi) is 6.45. The minimum absolute atomic E-state index is 0.367. The second-order valence-electron chi connectivity index (χ2n) is 7.32. The van der Waals surface area contributed by atoms with Crippen LogP contribution in [0.3, 0.4) is 0 Å². The summed E-state index contributed by atoms with van der Waals surface area (Å²) in [5.74, 6) is 0.191. The van der Waals surface area contributed by atoms with Gasteiger partial charge in [0, 0.05) is 34.0 Å². The fourth-order valence-corrected chi connectivity index (χ4v) is 4.23. The molecule has 3 rings (SSSR count). The van der Waals surface area contributed by atoms with Crippen LogP contribution in [0.1, 0.15) is 52.9 Å². The number of halogens is 1. The summed E-state index contributed by atoms with van der Waals surface area (Å²) in [5, 5.41) is 0. The number of carbonyl (C=O) groups is 1. The topological polar surface area (TPSA) is 59.2 Å². The van der Waals surface area contributed by atoms with Gasteiger partial charge in [0.25, 0.3) is 0 Å². The van der Waals surface area contributed by atoms with Gasteiger partial charge < -0.3 is 5.73 Å². The Balaban J connectivity index is 1.57. The summed E-state index contributed by atoms with van der Waals surface area (Å²) in [7, 11) is 0. The summed E-state index contributed by atoms with van der Waals surface area (Å²) in [5.41, 5.74) is 10.8. The van der Waals surface area contributed by atoms with E-state index in [2.05, 4.69) is 38.8 Å². The van der Waals surface area contributed by atoms with Gasteiger partial charge in [0.15, 0.2) is 0 Å². The van der Waals surface area contributed by atoms with Crippen LogP contribution in [0, 0.1) is 6.92 Å². The van der Waals surface area contributed by atoms with E-state index in [1.807, 2.05) is 43.5 Å². The number of hydrogen-bond donors (Lipinski definition) is 1. The van der Waals surface area contributed by atoms with Gasteiger partial charge in [-0.2, -0.15) is 0 Å². The lowest BCUT2D eigenvalue weighted by molar-refractivity contribution is 0.100. The van der Waals surface area contributed by atoms with Crippen LogP contribution in [0.5, 0.6) is 0 Å². The van der Waals surface area contributed by atoms with Gasteiger partial charge in [-0.1, -0.05) is 39.7 Å². The van der Waals surface area contributed by atoms with E-state index in [9.17, 15) is 4.79 Å². The highest BCUT2D eigenvalue weighted by Crippen LogP contribution is 2.29. The maximum absolute atomic E-state index is 11.2. The molecule has 1 aliphatic rings. The smallest absolute Gasteiger partial charge is 0.248 e. The molecule has 0 bridgehead atoms. The molecule has 27 heavy (non-hydrogen) atoms. The van der Waals surface area contributed by atoms with E-state index in [0.29, 0.717) is 11.5 Å². The number of benzene rings is 1. The maximum atomic E-state index is 11.2. The first kappa shape index (κ1) is 19.8. The lowest BCUT2D eigenvalue weighted by atomic mass is 9.89. The maximum Gasteiger partial charge on any atom is 0.248 e. The lowest BCUT2D eigenvalue weighted by Crippen LogP contribution is -2.34. The minimum Gasteiger partial charge on any atom is -0.366 e. The molecular weight excluding hydrogens is 402 g/mol. The van der Waals surface area contributed by atoms with E-state index < -0.39 is 0 Å². The van der Waals surface area contributed by atoms with Gasteiger partial charge in [0.05, 0.1) is 0 Å². The Morgan fingerprint density at radius 1 is 1.26 bits per heavy atom. The minimum atomic E-state index is -0.367. The molecule has 5 heteroatoms. The first-order valence-electron chi connectivity index (χ1n) is 9.34. The van der Waals surface area contributed by atoms with Crippen LogP contribution in [0.4, 0.5) is 0 Å². The average molecular weight is 428 g/mol. The first-order valence-corrected chi connectivity index (χ1v) is 10.1. The number of aryl methyl sites for hydroxylation is 1. The zero-order valence-corrected chi connectivity index (χ0v) is 17.5. The summed E-state index contributed by atoms with van der Waals surface area (Å²) in [6.45, 7) is 7.38. The lowest BCUT2D eigenvalue weighted by Gasteiger charge is -2.32. The van der Waals surface area contributed by atoms with Crippen molar-refractivity contribution in [3.05, 3.63) is 69.0 Å². The number of pyridine rings is 1. The van der Waals surface area contributed by atoms with Crippen molar-refractivity contribution in [2.75, 3.05) is 19.6 Å². The quantitative estimate of drug-likeness (QED) is 0.761. The largest absolute Gasteiger partial charge is 0.366 e. The highest BCUT2D eigenvalue weighted by atomic mass is 79.9. The predicted molar refractivity (Wildman–Crippen MR) is 114 cm³/mol. The molecule has 2 N–H and O–H groups in total. The summed E-state index contributed by atoms with van der Waals surface area (Å²) < 4.78 is 1.09. The van der Waals surface area contributed by atoms with Crippen molar-refractivity contribution in [3.8, 4) is 0 Å². The Morgan fingerprint density at radius 2 is 1.93 bits per heavy atom. The monoisotopic (exact) mass is 427 g/mol. The third-order valence-corrected chi connectivity index (χ3v) is 5.95. The Bertz CT molecular complexity index is 817. The number of aromatic nitrogens is 1. The number of amides is 1. The van der Waals surface area contributed by atoms with Gasteiger partial charge >= 0.3 is 0 Å². The van der Waals surface area contributed by atoms with Gasteiger partial charge in [0.2, 0.25) is 5.91 Å². The van der Waals surface area contributed by atoms with Crippen molar-refractivity contribution in [2.45, 2.75) is 32.6 Å². The van der Waals surface area contributed by atoms with E-state index in [0.717, 1.165) is 42.6 Å². The zero-order valence-electron chi connectivity index (χ0n) is 15.9. The molecule has 0 unspecified atom stereocenters. The van der Waals surface area contributed by atoms with E-state index in [4.69, 9.17) is 5.73 Å². The van der Waals surface area contributed by atoms with Crippen molar-refractivity contribution in [2.24, 2.45) is 5.73 Å². The first-order chi connectivity index (χ1) is 12.9. The molecule has 0 radical (unpaired) electrons. The van der Waals surface area contributed by atoms with Gasteiger partial charge in [-0.15, -0.1) is 0 Å². The second kappa shape index (κ2) is 8.81. The van der Waals surface area contributed by atoms with Crippen molar-refractivity contribution in [3.63, 3.8) is 0 Å². The average Bonchev–Trinajstić information content (AvgIpc) is 2.65. The van der Waals surface area contributed by atoms with Crippen molar-refractivity contribution in [1.82, 2.24) is 9.88 Å². The third-order valence-electron chi connectivity index (χ3n) is 5.25. The number of rotatable bonds is 5. The number of hydrogen-bond acceptors (Lipinski definition) is 3. The van der Waals surface area contributed by atoms with Crippen molar-refractivity contribution in [1.29, 1.82) is 0 Å². The second-order valence-corrected chi connectivity index (χ2v) is 8.17. The van der Waals surface area contributed by atoms with Crippen molar-refractivity contribution < 1.29 is 4.79 Å². The Morgan fingerprint density at radius 3 is 2.52 bits per heavy atom. The molecule has 4 nitrogen and oxygen atoms in total. The van der Waals surface area contributed by atoms with Crippen LogP contribution in [0.2, 0.25) is 0 Å². The SMILES string of the molecule is C/C(=C\c1c(Br)ccnc1C)CN1CCC(c2ccc(C(N)=O)cc2)CC1. The van der Waals surface area contributed by atoms with Crippen LogP contribution in [-0.4, -0.2) is 35.4 Å². The van der Waals surface area contributed by atoms with Gasteiger partial charge in [-0.25, -0.2) is 0 Å². The number of likely N-dealkylation sites (tertiary alicyclic amines) is 1. The van der Waals surface area contributed by atoms with Gasteiger partial charge in [0.1, 0.15) is 0 Å². The molecule has 142 valence electrons. The molecule has 2 aromatic rings. The highest BCUT2D eigenvalue weighted by Gasteiger charge is 2.20. The molecule has 1 aromatic heterocycles. The molecule has 1 aliphatic heterocycles. The molecular formula is C22H26BrN3O. The van der Waals surface area contributed by atoms with E-state index in [-0.39, 0.29) is 5.91 Å². The van der Waals surface area contributed by atoms with Gasteiger partial charge in [-0.05, 0) is 69.5 Å². The summed E-state index contributed by atoms with van der Waals surface area (Å²) in [6.07, 6.45) is 6.34. The summed E-state index contributed by atoms with van der Waals surface area (Å²) in [6, 6.07) is 9.76. The van der Waals surface area contributed by atoms with Crippen LogP contribution >= 0.6 is 15.9 Å². The number of carbonyl (C=O) groups excluding carboxylic acids is 1. The zero-order chi connectivity index (χ0) is 19.4. The summed E-state index contributed by atoms with van der Waals surface area (Å²) in [4.78, 5) is 18.1.